The van der Waals surface area contributed by atoms with E-state index >= 15 is 0 Å². The van der Waals surface area contributed by atoms with E-state index in [0.717, 1.165) is 50.5 Å². The van der Waals surface area contributed by atoms with Crippen molar-refractivity contribution in [1.29, 1.82) is 0 Å². The SMILES string of the molecule is CCCCc1ccc(C(=O)O)c(CCCCCOC(=O)OCC)c1.O=C(O)c1ccccc1. The molecule has 0 aliphatic heterocycles. The van der Waals surface area contributed by atoms with Crippen LogP contribution >= 0.6 is 0 Å². The van der Waals surface area contributed by atoms with E-state index in [2.05, 4.69) is 11.7 Å². The highest BCUT2D eigenvalue weighted by Crippen LogP contribution is 2.17. The number of benzene rings is 2. The summed E-state index contributed by atoms with van der Waals surface area (Å²) in [5, 5.41) is 17.7. The average Bonchev–Trinajstić information content (AvgIpc) is 2.81. The summed E-state index contributed by atoms with van der Waals surface area (Å²) in [7, 11) is 0. The highest BCUT2D eigenvalue weighted by Gasteiger charge is 2.10. The fourth-order valence-electron chi connectivity index (χ4n) is 3.09. The van der Waals surface area contributed by atoms with Crippen LogP contribution in [0, 0.1) is 0 Å². The van der Waals surface area contributed by atoms with Crippen molar-refractivity contribution in [3.63, 3.8) is 0 Å². The molecule has 0 bridgehead atoms. The van der Waals surface area contributed by atoms with Gasteiger partial charge in [0.15, 0.2) is 0 Å². The first-order chi connectivity index (χ1) is 15.9. The molecule has 0 radical (unpaired) electrons. The van der Waals surface area contributed by atoms with E-state index in [9.17, 15) is 19.5 Å². The van der Waals surface area contributed by atoms with Gasteiger partial charge in [0.2, 0.25) is 0 Å². The van der Waals surface area contributed by atoms with Crippen LogP contribution in [-0.2, 0) is 22.3 Å². The van der Waals surface area contributed by atoms with Crippen LogP contribution in [0.3, 0.4) is 0 Å². The number of carboxylic acid groups (broad SMARTS) is 2. The molecule has 0 saturated heterocycles. The molecule has 2 aromatic rings. The Morgan fingerprint density at radius 2 is 1.52 bits per heavy atom. The van der Waals surface area contributed by atoms with Crippen molar-refractivity contribution in [3.8, 4) is 0 Å². The molecule has 2 aromatic carbocycles. The van der Waals surface area contributed by atoms with E-state index in [-0.39, 0.29) is 0 Å². The van der Waals surface area contributed by atoms with E-state index < -0.39 is 18.1 Å². The van der Waals surface area contributed by atoms with Gasteiger partial charge in [-0.1, -0.05) is 43.7 Å². The quantitative estimate of drug-likeness (QED) is 0.296. The zero-order chi connectivity index (χ0) is 24.5. The molecule has 0 aliphatic rings. The van der Waals surface area contributed by atoms with Gasteiger partial charge in [-0.15, -0.1) is 0 Å². The van der Waals surface area contributed by atoms with E-state index in [1.54, 1.807) is 43.3 Å². The van der Waals surface area contributed by atoms with Gasteiger partial charge in [-0.2, -0.15) is 0 Å². The van der Waals surface area contributed by atoms with Crippen LogP contribution in [0.2, 0.25) is 0 Å². The van der Waals surface area contributed by atoms with Gasteiger partial charge in [-0.3, -0.25) is 0 Å². The molecule has 0 amide bonds. The molecule has 180 valence electrons. The molecule has 0 heterocycles. The second-order valence-electron chi connectivity index (χ2n) is 7.41. The largest absolute Gasteiger partial charge is 0.508 e. The fraction of sp³-hybridized carbons (Fsp3) is 0.423. The Balaban J connectivity index is 0.000000502. The molecular weight excluding hydrogens is 424 g/mol. The Labute approximate surface area is 195 Å². The second-order valence-corrected chi connectivity index (χ2v) is 7.41. The van der Waals surface area contributed by atoms with Crippen molar-refractivity contribution in [2.75, 3.05) is 13.2 Å². The van der Waals surface area contributed by atoms with E-state index in [1.807, 2.05) is 12.1 Å². The van der Waals surface area contributed by atoms with Crippen LogP contribution in [0.1, 0.15) is 77.8 Å². The van der Waals surface area contributed by atoms with Crippen molar-refractivity contribution in [1.82, 2.24) is 0 Å². The summed E-state index contributed by atoms with van der Waals surface area (Å²) in [4.78, 5) is 32.6. The summed E-state index contributed by atoms with van der Waals surface area (Å²) in [6, 6.07) is 13.9. The van der Waals surface area contributed by atoms with Gasteiger partial charge in [0.25, 0.3) is 0 Å². The molecule has 7 heteroatoms. The summed E-state index contributed by atoms with van der Waals surface area (Å²) in [6.45, 7) is 4.52. The Hall–Kier alpha value is -3.35. The number of aromatic carboxylic acids is 2. The minimum Gasteiger partial charge on any atom is -0.478 e. The predicted molar refractivity (Wildman–Crippen MR) is 126 cm³/mol. The van der Waals surface area contributed by atoms with Gasteiger partial charge < -0.3 is 19.7 Å². The van der Waals surface area contributed by atoms with Crippen LogP contribution < -0.4 is 0 Å². The molecule has 2 N–H and O–H groups in total. The zero-order valence-electron chi connectivity index (χ0n) is 19.4. The molecular formula is C26H34O7. The van der Waals surface area contributed by atoms with Crippen molar-refractivity contribution in [3.05, 3.63) is 70.8 Å². The minimum absolute atomic E-state index is 0.311. The van der Waals surface area contributed by atoms with Gasteiger partial charge in [-0.05, 0) is 74.8 Å². The molecule has 0 aromatic heterocycles. The summed E-state index contributed by atoms with van der Waals surface area (Å²) >= 11 is 0. The maximum Gasteiger partial charge on any atom is 0.508 e. The highest BCUT2D eigenvalue weighted by atomic mass is 16.7. The van der Waals surface area contributed by atoms with Crippen LogP contribution in [-0.4, -0.2) is 41.5 Å². The monoisotopic (exact) mass is 458 g/mol. The van der Waals surface area contributed by atoms with Gasteiger partial charge in [0.1, 0.15) is 0 Å². The number of rotatable bonds is 12. The maximum atomic E-state index is 11.3. The van der Waals surface area contributed by atoms with Crippen LogP contribution in [0.15, 0.2) is 48.5 Å². The van der Waals surface area contributed by atoms with Gasteiger partial charge >= 0.3 is 18.1 Å². The first-order valence-electron chi connectivity index (χ1n) is 11.3. The number of ether oxygens (including phenoxy) is 2. The Morgan fingerprint density at radius 3 is 2.09 bits per heavy atom. The van der Waals surface area contributed by atoms with Gasteiger partial charge in [-0.25, -0.2) is 14.4 Å². The first kappa shape index (κ1) is 27.7. The third-order valence-corrected chi connectivity index (χ3v) is 4.81. The number of aryl methyl sites for hydroxylation is 2. The van der Waals surface area contributed by atoms with Gasteiger partial charge in [0, 0.05) is 0 Å². The van der Waals surface area contributed by atoms with Crippen LogP contribution in [0.4, 0.5) is 4.79 Å². The Bertz CT molecular complexity index is 862. The fourth-order valence-corrected chi connectivity index (χ4v) is 3.09. The lowest BCUT2D eigenvalue weighted by Gasteiger charge is -2.09. The highest BCUT2D eigenvalue weighted by molar-refractivity contribution is 5.89. The number of unbranched alkanes of at least 4 members (excludes halogenated alkanes) is 3. The predicted octanol–water partition coefficient (Wildman–Crippen LogP) is 6.00. The third-order valence-electron chi connectivity index (χ3n) is 4.81. The van der Waals surface area contributed by atoms with Crippen LogP contribution in [0.5, 0.6) is 0 Å². The molecule has 0 fully saturated rings. The molecule has 0 saturated carbocycles. The molecule has 0 unspecified atom stereocenters. The topological polar surface area (TPSA) is 110 Å². The Kier molecular flexibility index (Phi) is 13.7. The van der Waals surface area contributed by atoms with Crippen molar-refractivity contribution >= 4 is 18.1 Å². The van der Waals surface area contributed by atoms with Crippen molar-refractivity contribution in [2.24, 2.45) is 0 Å². The second kappa shape index (κ2) is 16.3. The smallest absolute Gasteiger partial charge is 0.478 e. The Morgan fingerprint density at radius 1 is 0.788 bits per heavy atom. The maximum absolute atomic E-state index is 11.3. The molecule has 0 spiro atoms. The van der Waals surface area contributed by atoms with Crippen LogP contribution in [0.25, 0.3) is 0 Å². The number of hydrogen-bond donors (Lipinski definition) is 2. The van der Waals surface area contributed by atoms with E-state index in [1.165, 1.54) is 5.56 Å². The lowest BCUT2D eigenvalue weighted by Crippen LogP contribution is -2.08. The summed E-state index contributed by atoms with van der Waals surface area (Å²) < 4.78 is 9.58. The lowest BCUT2D eigenvalue weighted by atomic mass is 9.97. The molecule has 7 nitrogen and oxygen atoms in total. The van der Waals surface area contributed by atoms with Crippen molar-refractivity contribution < 1.29 is 34.1 Å². The molecule has 2 rings (SSSR count). The average molecular weight is 459 g/mol. The van der Waals surface area contributed by atoms with E-state index in [4.69, 9.17) is 9.84 Å². The number of carbonyl (C=O) groups is 3. The standard InChI is InChI=1S/C19H28O5.C7H6O2/c1-3-5-9-15-11-12-17(18(20)21)16(14-15)10-7-6-8-13-24-19(22)23-4-2;8-7(9)6-4-2-1-3-5-6/h11-12,14H,3-10,13H2,1-2H3,(H,20,21);1-5H,(H,8,9). The minimum atomic E-state index is -0.879. The normalized spacial score (nSPS) is 10.0. The first-order valence-corrected chi connectivity index (χ1v) is 11.3. The van der Waals surface area contributed by atoms with Gasteiger partial charge in [0.05, 0.1) is 24.3 Å². The number of carboxylic acids is 2. The number of hydrogen-bond acceptors (Lipinski definition) is 5. The molecule has 33 heavy (non-hydrogen) atoms. The molecule has 0 aliphatic carbocycles. The van der Waals surface area contributed by atoms with E-state index in [0.29, 0.717) is 24.3 Å². The third kappa shape index (κ3) is 11.7. The number of carbonyl (C=O) groups excluding carboxylic acids is 1. The summed E-state index contributed by atoms with van der Waals surface area (Å²) in [6.07, 6.45) is 5.79. The lowest BCUT2D eigenvalue weighted by molar-refractivity contribution is 0.0576. The zero-order valence-corrected chi connectivity index (χ0v) is 19.4. The summed E-state index contributed by atoms with van der Waals surface area (Å²) in [5.41, 5.74) is 2.81. The van der Waals surface area contributed by atoms with Crippen molar-refractivity contribution in [2.45, 2.75) is 58.8 Å². The summed E-state index contributed by atoms with van der Waals surface area (Å²) in [5.74, 6) is -1.76. The molecule has 0 atom stereocenters.